The van der Waals surface area contributed by atoms with Crippen LogP contribution in [0.4, 0.5) is 0 Å². The third kappa shape index (κ3) is 11.0. The summed E-state index contributed by atoms with van der Waals surface area (Å²) in [6, 6.07) is -4.52. The Kier molecular flexibility index (Phi) is 13.4. The molecule has 0 aliphatic carbocycles. The topological polar surface area (TPSA) is 214 Å². The first-order valence-corrected chi connectivity index (χ1v) is 10.1. The average Bonchev–Trinajstić information content (AvgIpc) is 2.68. The summed E-state index contributed by atoms with van der Waals surface area (Å²) < 4.78 is 0. The van der Waals surface area contributed by atoms with Crippen molar-refractivity contribution in [2.24, 2.45) is 11.5 Å². The molecular formula is C17H31N5O7S. The number of hydrogen-bond acceptors (Lipinski definition) is 8. The molecule has 0 aliphatic rings. The second-order valence-corrected chi connectivity index (χ2v) is 7.06. The standard InChI is InChI=1S/C17H31N5O7S/c1-9(17(28)29)20-15(26)12(5-6-13(23)24)22-16(27)11(4-2-3-7-18)21-14(25)10(19)8-30/h9-12,30H,2-8,18-19H2,1H3,(H,20,26)(H,21,25)(H,22,27)(H,23,24)(H,28,29). The summed E-state index contributed by atoms with van der Waals surface area (Å²) in [5.74, 6) is -4.61. The third-order valence-electron chi connectivity index (χ3n) is 4.12. The van der Waals surface area contributed by atoms with Crippen LogP contribution in [0.5, 0.6) is 0 Å². The summed E-state index contributed by atoms with van der Waals surface area (Å²) in [7, 11) is 0. The lowest BCUT2D eigenvalue weighted by Gasteiger charge is -2.24. The minimum Gasteiger partial charge on any atom is -0.481 e. The molecule has 4 unspecified atom stereocenters. The van der Waals surface area contributed by atoms with Gasteiger partial charge in [0.1, 0.15) is 18.1 Å². The number of aliphatic carboxylic acids is 2. The molecule has 0 rings (SSSR count). The van der Waals surface area contributed by atoms with Crippen LogP contribution in [0, 0.1) is 0 Å². The van der Waals surface area contributed by atoms with Crippen LogP contribution in [-0.2, 0) is 24.0 Å². The average molecular weight is 450 g/mol. The van der Waals surface area contributed by atoms with Gasteiger partial charge in [0.2, 0.25) is 17.7 Å². The van der Waals surface area contributed by atoms with Crippen LogP contribution >= 0.6 is 12.6 Å². The summed E-state index contributed by atoms with van der Waals surface area (Å²) >= 11 is 3.93. The van der Waals surface area contributed by atoms with E-state index in [2.05, 4.69) is 28.6 Å². The molecule has 0 spiro atoms. The number of carbonyl (C=O) groups is 5. The van der Waals surface area contributed by atoms with Gasteiger partial charge in [-0.05, 0) is 39.2 Å². The molecular weight excluding hydrogens is 418 g/mol. The molecule has 12 nitrogen and oxygen atoms in total. The van der Waals surface area contributed by atoms with E-state index in [1.54, 1.807) is 0 Å². The molecule has 0 saturated carbocycles. The Morgan fingerprint density at radius 1 is 0.900 bits per heavy atom. The SMILES string of the molecule is CC(NC(=O)C(CCC(=O)O)NC(=O)C(CCCCN)NC(=O)C(N)CS)C(=O)O. The van der Waals surface area contributed by atoms with Crippen molar-refractivity contribution in [2.45, 2.75) is 63.2 Å². The minimum absolute atomic E-state index is 0.0552. The summed E-state index contributed by atoms with van der Waals surface area (Å²) in [4.78, 5) is 58.9. The van der Waals surface area contributed by atoms with Gasteiger partial charge in [-0.1, -0.05) is 0 Å². The van der Waals surface area contributed by atoms with Crippen molar-refractivity contribution >= 4 is 42.3 Å². The summed E-state index contributed by atoms with van der Waals surface area (Å²) in [6.45, 7) is 1.61. The van der Waals surface area contributed by atoms with Crippen LogP contribution in [0.2, 0.25) is 0 Å². The van der Waals surface area contributed by atoms with E-state index in [0.717, 1.165) is 0 Å². The van der Waals surface area contributed by atoms with E-state index in [0.29, 0.717) is 19.4 Å². The van der Waals surface area contributed by atoms with Crippen molar-refractivity contribution in [3.8, 4) is 0 Å². The summed E-state index contributed by atoms with van der Waals surface area (Å²) in [5.41, 5.74) is 11.1. The van der Waals surface area contributed by atoms with E-state index in [9.17, 15) is 24.0 Å². The monoisotopic (exact) mass is 449 g/mol. The van der Waals surface area contributed by atoms with E-state index in [1.807, 2.05) is 0 Å². The maximum absolute atomic E-state index is 12.7. The van der Waals surface area contributed by atoms with Gasteiger partial charge in [0.25, 0.3) is 0 Å². The number of unbranched alkanes of at least 4 members (excludes halogenated alkanes) is 1. The molecule has 172 valence electrons. The molecule has 0 saturated heterocycles. The fraction of sp³-hybridized carbons (Fsp3) is 0.706. The number of carboxylic acid groups (broad SMARTS) is 2. The number of carbonyl (C=O) groups excluding carboxylic acids is 3. The van der Waals surface area contributed by atoms with Crippen molar-refractivity contribution in [2.75, 3.05) is 12.3 Å². The van der Waals surface area contributed by atoms with Crippen molar-refractivity contribution in [1.29, 1.82) is 0 Å². The molecule has 0 bridgehead atoms. The van der Waals surface area contributed by atoms with Gasteiger partial charge in [0, 0.05) is 12.2 Å². The predicted molar refractivity (Wildman–Crippen MR) is 111 cm³/mol. The molecule has 9 N–H and O–H groups in total. The molecule has 30 heavy (non-hydrogen) atoms. The number of thiol groups is 1. The van der Waals surface area contributed by atoms with E-state index in [-0.39, 0.29) is 18.6 Å². The van der Waals surface area contributed by atoms with Crippen molar-refractivity contribution < 1.29 is 34.2 Å². The predicted octanol–water partition coefficient (Wildman–Crippen LogP) is -2.20. The van der Waals surface area contributed by atoms with Gasteiger partial charge in [-0.25, -0.2) is 0 Å². The minimum atomic E-state index is -1.30. The Hall–Kier alpha value is -2.38. The van der Waals surface area contributed by atoms with Gasteiger partial charge in [0.15, 0.2) is 0 Å². The van der Waals surface area contributed by atoms with Gasteiger partial charge >= 0.3 is 11.9 Å². The quantitative estimate of drug-likeness (QED) is 0.100. The van der Waals surface area contributed by atoms with E-state index in [1.165, 1.54) is 6.92 Å². The molecule has 4 atom stereocenters. The maximum atomic E-state index is 12.7. The first-order valence-electron chi connectivity index (χ1n) is 9.45. The Morgan fingerprint density at radius 2 is 1.43 bits per heavy atom. The smallest absolute Gasteiger partial charge is 0.325 e. The van der Waals surface area contributed by atoms with Crippen molar-refractivity contribution in [3.05, 3.63) is 0 Å². The number of rotatable bonds is 15. The molecule has 13 heteroatoms. The highest BCUT2D eigenvalue weighted by Crippen LogP contribution is 2.05. The highest BCUT2D eigenvalue weighted by atomic mass is 32.1. The van der Waals surface area contributed by atoms with Gasteiger partial charge in [-0.2, -0.15) is 12.6 Å². The maximum Gasteiger partial charge on any atom is 0.325 e. The van der Waals surface area contributed by atoms with E-state index < -0.39 is 60.2 Å². The van der Waals surface area contributed by atoms with Gasteiger partial charge in [-0.15, -0.1) is 0 Å². The van der Waals surface area contributed by atoms with Gasteiger partial charge in [0.05, 0.1) is 6.04 Å². The molecule has 0 aromatic heterocycles. The van der Waals surface area contributed by atoms with E-state index >= 15 is 0 Å². The van der Waals surface area contributed by atoms with Crippen LogP contribution in [0.25, 0.3) is 0 Å². The number of amides is 3. The van der Waals surface area contributed by atoms with Crippen LogP contribution in [0.3, 0.4) is 0 Å². The van der Waals surface area contributed by atoms with Crippen LogP contribution in [-0.4, -0.2) is 76.3 Å². The van der Waals surface area contributed by atoms with Crippen LogP contribution in [0.1, 0.15) is 39.0 Å². The third-order valence-corrected chi connectivity index (χ3v) is 4.52. The van der Waals surface area contributed by atoms with E-state index in [4.69, 9.17) is 21.7 Å². The molecule has 0 aliphatic heterocycles. The van der Waals surface area contributed by atoms with Crippen molar-refractivity contribution in [3.63, 3.8) is 0 Å². The highest BCUT2D eigenvalue weighted by molar-refractivity contribution is 7.80. The fourth-order valence-corrected chi connectivity index (χ4v) is 2.47. The van der Waals surface area contributed by atoms with Gasteiger partial charge < -0.3 is 37.6 Å². The lowest BCUT2D eigenvalue weighted by molar-refractivity contribution is -0.142. The largest absolute Gasteiger partial charge is 0.481 e. The normalized spacial score (nSPS) is 14.7. The first kappa shape index (κ1) is 27.6. The Morgan fingerprint density at radius 3 is 1.93 bits per heavy atom. The van der Waals surface area contributed by atoms with Crippen molar-refractivity contribution in [1.82, 2.24) is 16.0 Å². The van der Waals surface area contributed by atoms with Crippen LogP contribution in [0.15, 0.2) is 0 Å². The zero-order chi connectivity index (χ0) is 23.3. The number of hydrogen-bond donors (Lipinski definition) is 8. The Labute approximate surface area is 179 Å². The van der Waals surface area contributed by atoms with Crippen LogP contribution < -0.4 is 27.4 Å². The number of nitrogens with two attached hydrogens (primary N) is 2. The molecule has 0 radical (unpaired) electrons. The number of nitrogens with one attached hydrogen (secondary N) is 3. The molecule has 0 aromatic carbocycles. The molecule has 0 heterocycles. The zero-order valence-corrected chi connectivity index (χ0v) is 17.7. The summed E-state index contributed by atoms with van der Waals surface area (Å²) in [5, 5.41) is 24.9. The Balaban J connectivity index is 5.33. The fourth-order valence-electron chi connectivity index (χ4n) is 2.31. The Bertz CT molecular complexity index is 619. The number of carboxylic acids is 2. The zero-order valence-electron chi connectivity index (χ0n) is 16.8. The first-order chi connectivity index (χ1) is 14.0. The summed E-state index contributed by atoms with van der Waals surface area (Å²) in [6.07, 6.45) is 0.616. The van der Waals surface area contributed by atoms with Gasteiger partial charge in [-0.3, -0.25) is 24.0 Å². The lowest BCUT2D eigenvalue weighted by atomic mass is 10.1. The molecule has 0 aromatic rings. The highest BCUT2D eigenvalue weighted by Gasteiger charge is 2.29. The molecule has 0 fully saturated rings. The molecule has 3 amide bonds. The second kappa shape index (κ2) is 14.6. The lowest BCUT2D eigenvalue weighted by Crippen LogP contribution is -2.57. The second-order valence-electron chi connectivity index (χ2n) is 6.70.